The molecule has 0 bridgehead atoms. The van der Waals surface area contributed by atoms with Gasteiger partial charge in [0, 0.05) is 19.2 Å². The Kier molecular flexibility index (Phi) is 6.07. The molecule has 1 aliphatic rings. The number of amides is 2. The highest BCUT2D eigenvalue weighted by molar-refractivity contribution is 6.07. The first-order valence-corrected chi connectivity index (χ1v) is 9.47. The normalized spacial score (nSPS) is 15.1. The van der Waals surface area contributed by atoms with Crippen LogP contribution in [0.5, 0.6) is 0 Å². The molecule has 4 nitrogen and oxygen atoms in total. The lowest BCUT2D eigenvalue weighted by atomic mass is 9.98. The number of likely N-dealkylation sites (tertiary alicyclic amines) is 1. The summed E-state index contributed by atoms with van der Waals surface area (Å²) in [7, 11) is 0. The lowest BCUT2D eigenvalue weighted by Gasteiger charge is -2.30. The van der Waals surface area contributed by atoms with Crippen LogP contribution >= 0.6 is 0 Å². The number of rotatable bonds is 4. The van der Waals surface area contributed by atoms with E-state index >= 15 is 0 Å². The quantitative estimate of drug-likeness (QED) is 0.813. The smallest absolute Gasteiger partial charge is 0.255 e. The standard InChI is InChI=1S/C23H26N2O2/c1-17-7-9-19(10-8-17)11-12-22(26)24-21-6-4-3-5-20(21)23(27)25-15-13-18(2)14-16-25/h3-12,18H,13-16H2,1-2H3,(H,24,26). The zero-order valence-corrected chi connectivity index (χ0v) is 15.9. The van der Waals surface area contributed by atoms with Gasteiger partial charge in [-0.25, -0.2) is 0 Å². The highest BCUT2D eigenvalue weighted by Crippen LogP contribution is 2.22. The molecule has 4 heteroatoms. The number of nitrogens with one attached hydrogen (secondary N) is 1. The summed E-state index contributed by atoms with van der Waals surface area (Å²) in [4.78, 5) is 27.1. The molecule has 0 saturated carbocycles. The van der Waals surface area contributed by atoms with Crippen LogP contribution in [0.15, 0.2) is 54.6 Å². The Hall–Kier alpha value is -2.88. The third-order valence-corrected chi connectivity index (χ3v) is 4.99. The summed E-state index contributed by atoms with van der Waals surface area (Å²) in [5.41, 5.74) is 3.24. The van der Waals surface area contributed by atoms with Crippen molar-refractivity contribution in [1.82, 2.24) is 4.90 Å². The number of carbonyl (C=O) groups is 2. The molecule has 1 aliphatic heterocycles. The van der Waals surface area contributed by atoms with Gasteiger partial charge < -0.3 is 10.2 Å². The first-order chi connectivity index (χ1) is 13.0. The molecule has 0 aliphatic carbocycles. The molecule has 2 amide bonds. The van der Waals surface area contributed by atoms with Crippen molar-refractivity contribution in [3.8, 4) is 0 Å². The number of para-hydroxylation sites is 1. The van der Waals surface area contributed by atoms with Gasteiger partial charge in [0.15, 0.2) is 0 Å². The minimum atomic E-state index is -0.247. The highest BCUT2D eigenvalue weighted by atomic mass is 16.2. The number of piperidine rings is 1. The second-order valence-electron chi connectivity index (χ2n) is 7.25. The Morgan fingerprint density at radius 2 is 1.70 bits per heavy atom. The third kappa shape index (κ3) is 5.07. The molecule has 0 spiro atoms. The van der Waals surface area contributed by atoms with Crippen LogP contribution < -0.4 is 5.32 Å². The van der Waals surface area contributed by atoms with Crippen molar-refractivity contribution in [1.29, 1.82) is 0 Å². The van der Waals surface area contributed by atoms with Crippen LogP contribution in [0.4, 0.5) is 5.69 Å². The Bertz CT molecular complexity index is 832. The van der Waals surface area contributed by atoms with Gasteiger partial charge in [-0.1, -0.05) is 48.9 Å². The largest absolute Gasteiger partial charge is 0.339 e. The Balaban J connectivity index is 1.69. The van der Waals surface area contributed by atoms with Crippen LogP contribution in [-0.4, -0.2) is 29.8 Å². The summed E-state index contributed by atoms with van der Waals surface area (Å²) < 4.78 is 0. The van der Waals surface area contributed by atoms with Crippen LogP contribution in [0.3, 0.4) is 0 Å². The van der Waals surface area contributed by atoms with Crippen LogP contribution in [0.25, 0.3) is 6.08 Å². The maximum Gasteiger partial charge on any atom is 0.255 e. The predicted octanol–water partition coefficient (Wildman–Crippen LogP) is 4.52. The second-order valence-corrected chi connectivity index (χ2v) is 7.25. The zero-order chi connectivity index (χ0) is 19.2. The van der Waals surface area contributed by atoms with Crippen molar-refractivity contribution in [2.45, 2.75) is 26.7 Å². The molecule has 140 valence electrons. The lowest BCUT2D eigenvalue weighted by Crippen LogP contribution is -2.38. The predicted molar refractivity (Wildman–Crippen MR) is 110 cm³/mol. The highest BCUT2D eigenvalue weighted by Gasteiger charge is 2.23. The summed E-state index contributed by atoms with van der Waals surface area (Å²) in [5, 5.41) is 2.85. The molecule has 0 unspecified atom stereocenters. The van der Waals surface area contributed by atoms with Gasteiger partial charge in [-0.2, -0.15) is 0 Å². The summed E-state index contributed by atoms with van der Waals surface area (Å²) in [6.45, 7) is 5.79. The molecule has 2 aromatic rings. The summed E-state index contributed by atoms with van der Waals surface area (Å²) in [6.07, 6.45) is 5.32. The molecule has 27 heavy (non-hydrogen) atoms. The number of carbonyl (C=O) groups excluding carboxylic acids is 2. The number of hydrogen-bond donors (Lipinski definition) is 1. The minimum absolute atomic E-state index is 0.0136. The van der Waals surface area contributed by atoms with E-state index in [2.05, 4.69) is 12.2 Å². The van der Waals surface area contributed by atoms with E-state index in [-0.39, 0.29) is 11.8 Å². The fourth-order valence-electron chi connectivity index (χ4n) is 3.18. The fraction of sp³-hybridized carbons (Fsp3) is 0.304. The molecule has 0 atom stereocenters. The first kappa shape index (κ1) is 18.9. The average Bonchev–Trinajstić information content (AvgIpc) is 2.68. The van der Waals surface area contributed by atoms with Gasteiger partial charge in [0.1, 0.15) is 0 Å². The number of aryl methyl sites for hydroxylation is 1. The Labute approximate surface area is 160 Å². The topological polar surface area (TPSA) is 49.4 Å². The van der Waals surface area contributed by atoms with Crippen molar-refractivity contribution in [3.63, 3.8) is 0 Å². The van der Waals surface area contributed by atoms with Crippen molar-refractivity contribution in [2.24, 2.45) is 5.92 Å². The van der Waals surface area contributed by atoms with E-state index < -0.39 is 0 Å². The number of anilines is 1. The summed E-state index contributed by atoms with van der Waals surface area (Å²) in [6, 6.07) is 15.2. The number of benzene rings is 2. The molecular formula is C23H26N2O2. The van der Waals surface area contributed by atoms with Crippen LogP contribution in [-0.2, 0) is 4.79 Å². The van der Waals surface area contributed by atoms with E-state index in [0.29, 0.717) is 17.2 Å². The molecular weight excluding hydrogens is 336 g/mol. The summed E-state index contributed by atoms with van der Waals surface area (Å²) in [5.74, 6) is 0.402. The third-order valence-electron chi connectivity index (χ3n) is 4.99. The van der Waals surface area contributed by atoms with Gasteiger partial charge in [0.05, 0.1) is 11.3 Å². The van der Waals surface area contributed by atoms with Gasteiger partial charge in [0.2, 0.25) is 5.91 Å². The zero-order valence-electron chi connectivity index (χ0n) is 15.9. The minimum Gasteiger partial charge on any atom is -0.339 e. The van der Waals surface area contributed by atoms with Gasteiger partial charge >= 0.3 is 0 Å². The van der Waals surface area contributed by atoms with Crippen molar-refractivity contribution in [2.75, 3.05) is 18.4 Å². The molecule has 1 heterocycles. The molecule has 1 fully saturated rings. The van der Waals surface area contributed by atoms with Crippen molar-refractivity contribution in [3.05, 3.63) is 71.3 Å². The molecule has 0 radical (unpaired) electrons. The van der Waals surface area contributed by atoms with Crippen molar-refractivity contribution < 1.29 is 9.59 Å². The van der Waals surface area contributed by atoms with E-state index in [1.165, 1.54) is 11.6 Å². The van der Waals surface area contributed by atoms with E-state index in [1.54, 1.807) is 18.2 Å². The van der Waals surface area contributed by atoms with Crippen LogP contribution in [0.2, 0.25) is 0 Å². The van der Waals surface area contributed by atoms with Gasteiger partial charge in [-0.05, 0) is 49.5 Å². The maximum absolute atomic E-state index is 12.9. The summed E-state index contributed by atoms with van der Waals surface area (Å²) >= 11 is 0. The Morgan fingerprint density at radius 1 is 1.04 bits per heavy atom. The van der Waals surface area contributed by atoms with Crippen molar-refractivity contribution >= 4 is 23.6 Å². The fourth-order valence-corrected chi connectivity index (χ4v) is 3.18. The second kappa shape index (κ2) is 8.67. The molecule has 1 N–H and O–H groups in total. The SMILES string of the molecule is Cc1ccc(C=CC(=O)Nc2ccccc2C(=O)N2CCC(C)CC2)cc1. The number of hydrogen-bond acceptors (Lipinski definition) is 2. The monoisotopic (exact) mass is 362 g/mol. The molecule has 1 saturated heterocycles. The molecule has 3 rings (SSSR count). The van der Waals surface area contributed by atoms with Crippen LogP contribution in [0, 0.1) is 12.8 Å². The van der Waals surface area contributed by atoms with E-state index in [4.69, 9.17) is 0 Å². The molecule has 0 aromatic heterocycles. The molecule has 2 aromatic carbocycles. The number of nitrogens with zero attached hydrogens (tertiary/aromatic N) is 1. The van der Waals surface area contributed by atoms with Gasteiger partial charge in [-0.3, -0.25) is 9.59 Å². The first-order valence-electron chi connectivity index (χ1n) is 9.47. The average molecular weight is 362 g/mol. The maximum atomic E-state index is 12.9. The van der Waals surface area contributed by atoms with Gasteiger partial charge in [0.25, 0.3) is 5.91 Å². The van der Waals surface area contributed by atoms with E-state index in [0.717, 1.165) is 31.5 Å². The van der Waals surface area contributed by atoms with Gasteiger partial charge in [-0.15, -0.1) is 0 Å². The van der Waals surface area contributed by atoms with E-state index in [9.17, 15) is 9.59 Å². The lowest BCUT2D eigenvalue weighted by molar-refractivity contribution is -0.111. The van der Waals surface area contributed by atoms with E-state index in [1.807, 2.05) is 48.2 Å². The van der Waals surface area contributed by atoms with Crippen LogP contribution in [0.1, 0.15) is 41.3 Å². The Morgan fingerprint density at radius 3 is 2.41 bits per heavy atom.